The van der Waals surface area contributed by atoms with Crippen LogP contribution in [0.1, 0.15) is 26.2 Å². The van der Waals surface area contributed by atoms with E-state index in [0.717, 1.165) is 19.4 Å². The summed E-state index contributed by atoms with van der Waals surface area (Å²) in [5.74, 6) is -1.46. The average molecular weight is 214 g/mol. The summed E-state index contributed by atoms with van der Waals surface area (Å²) in [6.07, 6.45) is 2.61. The number of carboxylic acid groups (broad SMARTS) is 1. The molecule has 0 bridgehead atoms. The molecule has 15 heavy (non-hydrogen) atoms. The SMILES string of the molecule is CC(CN1CCCCC1C(=O)O)C(N)=O. The van der Waals surface area contributed by atoms with Crippen molar-refractivity contribution in [3.8, 4) is 0 Å². The summed E-state index contributed by atoms with van der Waals surface area (Å²) in [7, 11) is 0. The average Bonchev–Trinajstić information content (AvgIpc) is 2.18. The van der Waals surface area contributed by atoms with Crippen molar-refractivity contribution in [2.24, 2.45) is 11.7 Å². The fourth-order valence-corrected chi connectivity index (χ4v) is 1.93. The minimum absolute atomic E-state index is 0.287. The first-order chi connectivity index (χ1) is 7.02. The highest BCUT2D eigenvalue weighted by Gasteiger charge is 2.29. The first-order valence-corrected chi connectivity index (χ1v) is 5.28. The third kappa shape index (κ3) is 3.20. The Labute approximate surface area is 89.2 Å². The molecule has 0 radical (unpaired) electrons. The largest absolute Gasteiger partial charge is 0.480 e. The lowest BCUT2D eigenvalue weighted by Gasteiger charge is -2.33. The van der Waals surface area contributed by atoms with Crippen LogP contribution in [0.15, 0.2) is 0 Å². The smallest absolute Gasteiger partial charge is 0.320 e. The zero-order valence-electron chi connectivity index (χ0n) is 8.98. The van der Waals surface area contributed by atoms with Gasteiger partial charge in [-0.05, 0) is 19.4 Å². The summed E-state index contributed by atoms with van der Waals surface area (Å²) in [4.78, 5) is 23.7. The highest BCUT2D eigenvalue weighted by molar-refractivity contribution is 5.77. The topological polar surface area (TPSA) is 83.6 Å². The Bertz CT molecular complexity index is 255. The van der Waals surface area contributed by atoms with Gasteiger partial charge in [0, 0.05) is 12.5 Å². The van der Waals surface area contributed by atoms with Crippen molar-refractivity contribution < 1.29 is 14.7 Å². The minimum Gasteiger partial charge on any atom is -0.480 e. The van der Waals surface area contributed by atoms with E-state index in [1.165, 1.54) is 0 Å². The number of piperidine rings is 1. The van der Waals surface area contributed by atoms with Crippen molar-refractivity contribution >= 4 is 11.9 Å². The van der Waals surface area contributed by atoms with Crippen molar-refractivity contribution in [2.45, 2.75) is 32.2 Å². The van der Waals surface area contributed by atoms with Gasteiger partial charge in [0.15, 0.2) is 0 Å². The second-order valence-corrected chi connectivity index (χ2v) is 4.15. The summed E-state index contributed by atoms with van der Waals surface area (Å²) < 4.78 is 0. The number of nitrogens with two attached hydrogens (primary N) is 1. The number of carbonyl (C=O) groups is 2. The van der Waals surface area contributed by atoms with Gasteiger partial charge in [-0.15, -0.1) is 0 Å². The van der Waals surface area contributed by atoms with Crippen molar-refractivity contribution in [2.75, 3.05) is 13.1 Å². The maximum Gasteiger partial charge on any atom is 0.320 e. The molecule has 1 amide bonds. The lowest BCUT2D eigenvalue weighted by Crippen LogP contribution is -2.47. The molecule has 1 rings (SSSR count). The van der Waals surface area contributed by atoms with Crippen LogP contribution in [0.25, 0.3) is 0 Å². The van der Waals surface area contributed by atoms with Crippen LogP contribution < -0.4 is 5.73 Å². The van der Waals surface area contributed by atoms with Gasteiger partial charge in [0.2, 0.25) is 5.91 Å². The Morgan fingerprint density at radius 2 is 2.20 bits per heavy atom. The summed E-state index contributed by atoms with van der Waals surface area (Å²) in [5, 5.41) is 9.00. The molecule has 1 aliphatic heterocycles. The van der Waals surface area contributed by atoms with Gasteiger partial charge in [0.25, 0.3) is 0 Å². The van der Waals surface area contributed by atoms with Gasteiger partial charge in [-0.3, -0.25) is 14.5 Å². The van der Waals surface area contributed by atoms with Crippen LogP contribution in [0.4, 0.5) is 0 Å². The van der Waals surface area contributed by atoms with Crippen LogP contribution >= 0.6 is 0 Å². The number of hydrogen-bond donors (Lipinski definition) is 2. The monoisotopic (exact) mass is 214 g/mol. The molecular weight excluding hydrogens is 196 g/mol. The number of carbonyl (C=O) groups excluding carboxylic acids is 1. The van der Waals surface area contributed by atoms with Crippen molar-refractivity contribution in [3.63, 3.8) is 0 Å². The molecule has 0 aliphatic carbocycles. The second kappa shape index (κ2) is 5.11. The van der Waals surface area contributed by atoms with Crippen LogP contribution in [0.5, 0.6) is 0 Å². The number of aliphatic carboxylic acids is 1. The van der Waals surface area contributed by atoms with E-state index in [9.17, 15) is 9.59 Å². The maximum atomic E-state index is 11.0. The van der Waals surface area contributed by atoms with Gasteiger partial charge in [-0.2, -0.15) is 0 Å². The molecule has 1 heterocycles. The van der Waals surface area contributed by atoms with E-state index in [2.05, 4.69) is 0 Å². The molecule has 0 aromatic rings. The van der Waals surface area contributed by atoms with Gasteiger partial charge < -0.3 is 10.8 Å². The Balaban J connectivity index is 2.56. The Morgan fingerprint density at radius 3 is 2.73 bits per heavy atom. The first-order valence-electron chi connectivity index (χ1n) is 5.28. The van der Waals surface area contributed by atoms with E-state index >= 15 is 0 Å². The van der Waals surface area contributed by atoms with E-state index in [1.54, 1.807) is 6.92 Å². The zero-order valence-corrected chi connectivity index (χ0v) is 8.98. The van der Waals surface area contributed by atoms with Crippen LogP contribution in [0.3, 0.4) is 0 Å². The Hall–Kier alpha value is -1.10. The highest BCUT2D eigenvalue weighted by Crippen LogP contribution is 2.18. The van der Waals surface area contributed by atoms with E-state index in [0.29, 0.717) is 13.0 Å². The molecule has 0 saturated carbocycles. The fourth-order valence-electron chi connectivity index (χ4n) is 1.93. The number of carboxylic acids is 1. The predicted molar refractivity (Wildman–Crippen MR) is 55.2 cm³/mol. The zero-order chi connectivity index (χ0) is 11.4. The quantitative estimate of drug-likeness (QED) is 0.692. The maximum absolute atomic E-state index is 11.0. The van der Waals surface area contributed by atoms with E-state index in [4.69, 9.17) is 10.8 Å². The third-order valence-electron chi connectivity index (χ3n) is 2.89. The highest BCUT2D eigenvalue weighted by atomic mass is 16.4. The van der Waals surface area contributed by atoms with Gasteiger partial charge in [-0.1, -0.05) is 13.3 Å². The number of amides is 1. The molecule has 5 heteroatoms. The third-order valence-corrected chi connectivity index (χ3v) is 2.89. The molecule has 3 N–H and O–H groups in total. The van der Waals surface area contributed by atoms with Gasteiger partial charge in [-0.25, -0.2) is 0 Å². The van der Waals surface area contributed by atoms with Crippen LogP contribution in [-0.2, 0) is 9.59 Å². The predicted octanol–water partition coefficient (Wildman–Crippen LogP) is 0.0469. The fraction of sp³-hybridized carbons (Fsp3) is 0.800. The summed E-state index contributed by atoms with van der Waals surface area (Å²) in [5.41, 5.74) is 5.16. The molecule has 1 aliphatic rings. The van der Waals surface area contributed by atoms with Crippen LogP contribution in [-0.4, -0.2) is 41.0 Å². The standard InChI is InChI=1S/C10H18N2O3/c1-7(9(11)13)6-12-5-3-2-4-8(12)10(14)15/h7-8H,2-6H2,1H3,(H2,11,13)(H,14,15). The van der Waals surface area contributed by atoms with Crippen LogP contribution in [0, 0.1) is 5.92 Å². The first kappa shape index (κ1) is 12.0. The molecule has 0 spiro atoms. The summed E-state index contributed by atoms with van der Waals surface area (Å²) in [6.45, 7) is 2.93. The van der Waals surface area contributed by atoms with Crippen molar-refractivity contribution in [3.05, 3.63) is 0 Å². The molecule has 5 nitrogen and oxygen atoms in total. The Kier molecular flexibility index (Phi) is 4.08. The van der Waals surface area contributed by atoms with E-state index in [-0.39, 0.29) is 11.8 Å². The number of likely N-dealkylation sites (tertiary alicyclic amines) is 1. The lowest BCUT2D eigenvalue weighted by atomic mass is 10.00. The van der Waals surface area contributed by atoms with Crippen LogP contribution in [0.2, 0.25) is 0 Å². The number of nitrogens with zero attached hydrogens (tertiary/aromatic N) is 1. The molecule has 2 unspecified atom stereocenters. The number of rotatable bonds is 4. The van der Waals surface area contributed by atoms with Gasteiger partial charge in [0.1, 0.15) is 6.04 Å². The molecular formula is C10H18N2O3. The van der Waals surface area contributed by atoms with Gasteiger partial charge in [0.05, 0.1) is 0 Å². The normalized spacial score (nSPS) is 24.7. The van der Waals surface area contributed by atoms with Crippen molar-refractivity contribution in [1.82, 2.24) is 4.90 Å². The van der Waals surface area contributed by atoms with Gasteiger partial charge >= 0.3 is 5.97 Å². The minimum atomic E-state index is -0.800. The van der Waals surface area contributed by atoms with E-state index < -0.39 is 12.0 Å². The lowest BCUT2D eigenvalue weighted by molar-refractivity contribution is -0.145. The molecule has 0 aromatic heterocycles. The second-order valence-electron chi connectivity index (χ2n) is 4.15. The number of hydrogen-bond acceptors (Lipinski definition) is 3. The Morgan fingerprint density at radius 1 is 1.53 bits per heavy atom. The summed E-state index contributed by atoms with van der Waals surface area (Å²) in [6, 6.07) is -0.444. The molecule has 86 valence electrons. The van der Waals surface area contributed by atoms with E-state index in [1.807, 2.05) is 4.90 Å². The molecule has 1 saturated heterocycles. The molecule has 2 atom stereocenters. The molecule has 1 fully saturated rings. The molecule has 0 aromatic carbocycles. The van der Waals surface area contributed by atoms with Crippen molar-refractivity contribution in [1.29, 1.82) is 0 Å². The summed E-state index contributed by atoms with van der Waals surface area (Å²) >= 11 is 0. The number of primary amides is 1.